The highest BCUT2D eigenvalue weighted by Crippen LogP contribution is 2.17. The molecule has 30 heavy (non-hydrogen) atoms. The minimum atomic E-state index is -0.100. The van der Waals surface area contributed by atoms with Crippen LogP contribution in [0.4, 0.5) is 0 Å². The van der Waals surface area contributed by atoms with E-state index in [1.165, 1.54) is 0 Å². The molecule has 158 valence electrons. The number of aromatic nitrogens is 2. The fourth-order valence-corrected chi connectivity index (χ4v) is 3.44. The van der Waals surface area contributed by atoms with E-state index in [0.29, 0.717) is 18.5 Å². The second-order valence-electron chi connectivity index (χ2n) is 7.65. The third kappa shape index (κ3) is 5.26. The van der Waals surface area contributed by atoms with E-state index in [0.717, 1.165) is 41.8 Å². The average Bonchev–Trinajstić information content (AvgIpc) is 3.09. The Kier molecular flexibility index (Phi) is 7.22. The Morgan fingerprint density at radius 2 is 1.93 bits per heavy atom. The van der Waals surface area contributed by atoms with Crippen molar-refractivity contribution in [3.05, 3.63) is 65.5 Å². The molecule has 3 aromatic rings. The third-order valence-electron chi connectivity index (χ3n) is 5.21. The topological polar surface area (TPSA) is 67.2 Å². The number of para-hydroxylation sites is 2. The van der Waals surface area contributed by atoms with E-state index in [9.17, 15) is 9.59 Å². The smallest absolute Gasteiger partial charge is 0.251 e. The number of amides is 2. The SMILES string of the molecule is CCCCN(C)C(=O)Cn1c(CCNC(=O)c2cccc(C)c2)nc2ccccc21. The standard InChI is InChI=1S/C24H30N4O2/c1-4-5-15-27(3)23(29)17-28-21-12-7-6-11-20(21)26-22(28)13-14-25-24(30)19-10-8-9-18(2)16-19/h6-12,16H,4-5,13-15,17H2,1-3H3,(H,25,30). The van der Waals surface area contributed by atoms with Gasteiger partial charge < -0.3 is 14.8 Å². The van der Waals surface area contributed by atoms with Crippen molar-refractivity contribution in [2.45, 2.75) is 39.7 Å². The van der Waals surface area contributed by atoms with Crippen LogP contribution in [-0.2, 0) is 17.8 Å². The lowest BCUT2D eigenvalue weighted by Gasteiger charge is -2.18. The van der Waals surface area contributed by atoms with Crippen molar-refractivity contribution in [1.82, 2.24) is 19.8 Å². The summed E-state index contributed by atoms with van der Waals surface area (Å²) in [6, 6.07) is 15.4. The van der Waals surface area contributed by atoms with Crippen LogP contribution in [0, 0.1) is 6.92 Å². The fourth-order valence-electron chi connectivity index (χ4n) is 3.44. The molecule has 2 aromatic carbocycles. The van der Waals surface area contributed by atoms with Crippen molar-refractivity contribution in [3.63, 3.8) is 0 Å². The van der Waals surface area contributed by atoms with Gasteiger partial charge in [-0.1, -0.05) is 43.2 Å². The molecular weight excluding hydrogens is 376 g/mol. The monoisotopic (exact) mass is 406 g/mol. The van der Waals surface area contributed by atoms with Crippen molar-refractivity contribution in [1.29, 1.82) is 0 Å². The molecule has 0 fully saturated rings. The number of unbranched alkanes of at least 4 members (excludes halogenated alkanes) is 1. The summed E-state index contributed by atoms with van der Waals surface area (Å²) in [6.45, 7) is 5.54. The number of carbonyl (C=O) groups is 2. The van der Waals surface area contributed by atoms with Gasteiger partial charge in [-0.3, -0.25) is 9.59 Å². The molecule has 0 saturated carbocycles. The third-order valence-corrected chi connectivity index (χ3v) is 5.21. The number of carbonyl (C=O) groups excluding carboxylic acids is 2. The first kappa shape index (κ1) is 21.6. The normalized spacial score (nSPS) is 10.9. The second-order valence-corrected chi connectivity index (χ2v) is 7.65. The number of hydrogen-bond donors (Lipinski definition) is 1. The van der Waals surface area contributed by atoms with Crippen LogP contribution in [0.1, 0.15) is 41.5 Å². The molecule has 0 atom stereocenters. The number of rotatable bonds is 9. The summed E-state index contributed by atoms with van der Waals surface area (Å²) >= 11 is 0. The molecule has 2 amide bonds. The Labute approximate surface area is 177 Å². The van der Waals surface area contributed by atoms with Crippen LogP contribution in [0.2, 0.25) is 0 Å². The summed E-state index contributed by atoms with van der Waals surface area (Å²) in [4.78, 5) is 31.6. The summed E-state index contributed by atoms with van der Waals surface area (Å²) in [7, 11) is 1.85. The van der Waals surface area contributed by atoms with E-state index in [1.54, 1.807) is 4.90 Å². The van der Waals surface area contributed by atoms with Gasteiger partial charge in [0.05, 0.1) is 11.0 Å². The molecule has 1 aromatic heterocycles. The molecule has 0 aliphatic heterocycles. The van der Waals surface area contributed by atoms with Crippen LogP contribution < -0.4 is 5.32 Å². The van der Waals surface area contributed by atoms with E-state index >= 15 is 0 Å². The minimum absolute atomic E-state index is 0.0663. The number of nitrogens with one attached hydrogen (secondary N) is 1. The Balaban J connectivity index is 1.71. The van der Waals surface area contributed by atoms with Gasteiger partial charge in [0.25, 0.3) is 5.91 Å². The molecule has 0 bridgehead atoms. The van der Waals surface area contributed by atoms with Gasteiger partial charge in [0.2, 0.25) is 5.91 Å². The van der Waals surface area contributed by atoms with E-state index in [-0.39, 0.29) is 18.4 Å². The Hall–Kier alpha value is -3.15. The lowest BCUT2D eigenvalue weighted by Crippen LogP contribution is -2.32. The maximum absolute atomic E-state index is 12.7. The summed E-state index contributed by atoms with van der Waals surface area (Å²) in [5.41, 5.74) is 3.50. The van der Waals surface area contributed by atoms with Gasteiger partial charge in [0.1, 0.15) is 12.4 Å². The summed E-state index contributed by atoms with van der Waals surface area (Å²) in [6.07, 6.45) is 2.60. The first-order valence-corrected chi connectivity index (χ1v) is 10.5. The minimum Gasteiger partial charge on any atom is -0.352 e. The zero-order valence-electron chi connectivity index (χ0n) is 18.0. The second kappa shape index (κ2) is 10.1. The van der Waals surface area contributed by atoms with Crippen LogP contribution >= 0.6 is 0 Å². The van der Waals surface area contributed by atoms with Gasteiger partial charge in [0.15, 0.2) is 0 Å². The maximum atomic E-state index is 12.7. The number of benzene rings is 2. The molecule has 1 heterocycles. The van der Waals surface area contributed by atoms with Gasteiger partial charge in [-0.05, 0) is 37.6 Å². The van der Waals surface area contributed by atoms with Crippen LogP contribution in [0.3, 0.4) is 0 Å². The molecule has 3 rings (SSSR count). The van der Waals surface area contributed by atoms with Crippen LogP contribution in [-0.4, -0.2) is 46.4 Å². The zero-order valence-corrected chi connectivity index (χ0v) is 18.0. The number of aryl methyl sites for hydroxylation is 1. The molecule has 0 spiro atoms. The summed E-state index contributed by atoms with van der Waals surface area (Å²) < 4.78 is 1.97. The van der Waals surface area contributed by atoms with Crippen LogP contribution in [0.25, 0.3) is 11.0 Å². The first-order chi connectivity index (χ1) is 14.5. The fraction of sp³-hybridized carbons (Fsp3) is 0.375. The molecule has 0 saturated heterocycles. The quantitative estimate of drug-likeness (QED) is 0.591. The van der Waals surface area contributed by atoms with E-state index in [2.05, 4.69) is 12.2 Å². The van der Waals surface area contributed by atoms with Gasteiger partial charge in [-0.2, -0.15) is 0 Å². The number of nitrogens with zero attached hydrogens (tertiary/aromatic N) is 3. The molecule has 0 aliphatic carbocycles. The Bertz CT molecular complexity index is 1020. The maximum Gasteiger partial charge on any atom is 0.251 e. The van der Waals surface area contributed by atoms with Crippen LogP contribution in [0.5, 0.6) is 0 Å². The average molecular weight is 407 g/mol. The number of hydrogen-bond acceptors (Lipinski definition) is 3. The summed E-state index contributed by atoms with van der Waals surface area (Å²) in [5, 5.41) is 2.96. The Morgan fingerprint density at radius 1 is 1.13 bits per heavy atom. The zero-order chi connectivity index (χ0) is 21.5. The van der Waals surface area contributed by atoms with Gasteiger partial charge >= 0.3 is 0 Å². The van der Waals surface area contributed by atoms with Crippen molar-refractivity contribution in [2.24, 2.45) is 0 Å². The largest absolute Gasteiger partial charge is 0.352 e. The Morgan fingerprint density at radius 3 is 2.70 bits per heavy atom. The van der Waals surface area contributed by atoms with E-state index < -0.39 is 0 Å². The molecule has 0 unspecified atom stereocenters. The number of fused-ring (bicyclic) bond motifs is 1. The molecule has 0 radical (unpaired) electrons. The first-order valence-electron chi connectivity index (χ1n) is 10.5. The highest BCUT2D eigenvalue weighted by Gasteiger charge is 2.16. The van der Waals surface area contributed by atoms with Crippen molar-refractivity contribution >= 4 is 22.8 Å². The van der Waals surface area contributed by atoms with E-state index in [4.69, 9.17) is 4.98 Å². The lowest BCUT2D eigenvalue weighted by atomic mass is 10.1. The predicted molar refractivity (Wildman–Crippen MR) is 119 cm³/mol. The highest BCUT2D eigenvalue weighted by molar-refractivity contribution is 5.94. The molecule has 6 heteroatoms. The highest BCUT2D eigenvalue weighted by atomic mass is 16.2. The molecule has 0 aliphatic rings. The number of imidazole rings is 1. The molecule has 1 N–H and O–H groups in total. The van der Waals surface area contributed by atoms with Crippen molar-refractivity contribution in [2.75, 3.05) is 20.1 Å². The molecule has 6 nitrogen and oxygen atoms in total. The van der Waals surface area contributed by atoms with Gasteiger partial charge in [-0.25, -0.2) is 4.98 Å². The van der Waals surface area contributed by atoms with E-state index in [1.807, 2.05) is 67.1 Å². The predicted octanol–water partition coefficient (Wildman–Crippen LogP) is 3.58. The number of likely N-dealkylation sites (N-methyl/N-ethyl adjacent to an activating group) is 1. The van der Waals surface area contributed by atoms with Crippen molar-refractivity contribution < 1.29 is 9.59 Å². The van der Waals surface area contributed by atoms with Crippen molar-refractivity contribution in [3.8, 4) is 0 Å². The summed E-state index contributed by atoms with van der Waals surface area (Å²) in [5.74, 6) is 0.770. The van der Waals surface area contributed by atoms with Gasteiger partial charge in [0, 0.05) is 32.1 Å². The van der Waals surface area contributed by atoms with Crippen LogP contribution in [0.15, 0.2) is 48.5 Å². The van der Waals surface area contributed by atoms with Gasteiger partial charge in [-0.15, -0.1) is 0 Å². The lowest BCUT2D eigenvalue weighted by molar-refractivity contribution is -0.130. The molecular formula is C24H30N4O2.